The molecule has 0 aromatic heterocycles. The van der Waals surface area contributed by atoms with Gasteiger partial charge in [0.2, 0.25) is 5.91 Å². The summed E-state index contributed by atoms with van der Waals surface area (Å²) >= 11 is 0. The van der Waals surface area contributed by atoms with Crippen LogP contribution in [0.1, 0.15) is 32.1 Å². The Morgan fingerprint density at radius 2 is 2.10 bits per heavy atom. The molecule has 0 radical (unpaired) electrons. The van der Waals surface area contributed by atoms with Crippen molar-refractivity contribution in [2.75, 3.05) is 31.1 Å². The van der Waals surface area contributed by atoms with Crippen LogP contribution in [0.15, 0.2) is 24.3 Å². The molecule has 21 heavy (non-hydrogen) atoms. The first kappa shape index (κ1) is 14.4. The molecule has 2 heterocycles. The molecule has 0 aliphatic carbocycles. The fourth-order valence-corrected chi connectivity index (χ4v) is 3.22. The first-order chi connectivity index (χ1) is 10.3. The van der Waals surface area contributed by atoms with Crippen molar-refractivity contribution in [2.24, 2.45) is 5.92 Å². The minimum Gasteiger partial charge on any atom is -0.491 e. The van der Waals surface area contributed by atoms with Crippen molar-refractivity contribution in [1.29, 1.82) is 0 Å². The number of piperidine rings is 1. The molecular weight excluding hydrogens is 264 g/mol. The molecule has 1 saturated heterocycles. The number of nitrogens with one attached hydrogen (secondary N) is 1. The molecule has 0 spiro atoms. The van der Waals surface area contributed by atoms with Gasteiger partial charge in [-0.3, -0.25) is 4.79 Å². The first-order valence-electron chi connectivity index (χ1n) is 8.07. The van der Waals surface area contributed by atoms with Crippen LogP contribution in [0.2, 0.25) is 0 Å². The van der Waals surface area contributed by atoms with E-state index in [-0.39, 0.29) is 5.91 Å². The van der Waals surface area contributed by atoms with Gasteiger partial charge in [0.25, 0.3) is 0 Å². The van der Waals surface area contributed by atoms with Crippen molar-refractivity contribution in [3.8, 4) is 5.75 Å². The smallest absolute Gasteiger partial charge is 0.227 e. The van der Waals surface area contributed by atoms with Gasteiger partial charge >= 0.3 is 0 Å². The fourth-order valence-electron chi connectivity index (χ4n) is 3.22. The molecule has 4 heteroatoms. The number of hydrogen-bond acceptors (Lipinski definition) is 3. The number of nitrogens with zero attached hydrogens (tertiary/aromatic N) is 1. The topological polar surface area (TPSA) is 41.6 Å². The van der Waals surface area contributed by atoms with Crippen LogP contribution in [0.4, 0.5) is 5.69 Å². The molecule has 1 fully saturated rings. The summed E-state index contributed by atoms with van der Waals surface area (Å²) in [7, 11) is 0. The second-order valence-corrected chi connectivity index (χ2v) is 5.95. The number of rotatable bonds is 3. The van der Waals surface area contributed by atoms with Gasteiger partial charge in [0.15, 0.2) is 0 Å². The van der Waals surface area contributed by atoms with Crippen LogP contribution in [0.5, 0.6) is 5.75 Å². The van der Waals surface area contributed by atoms with Crippen molar-refractivity contribution in [1.82, 2.24) is 5.32 Å². The zero-order chi connectivity index (χ0) is 14.5. The van der Waals surface area contributed by atoms with E-state index in [4.69, 9.17) is 4.74 Å². The number of para-hydroxylation sites is 2. The minimum absolute atomic E-state index is 0.242. The maximum Gasteiger partial charge on any atom is 0.227 e. The van der Waals surface area contributed by atoms with Crippen LogP contribution < -0.4 is 15.0 Å². The summed E-state index contributed by atoms with van der Waals surface area (Å²) in [5, 5.41) is 3.38. The maximum absolute atomic E-state index is 12.6. The normalized spacial score (nSPS) is 19.5. The van der Waals surface area contributed by atoms with E-state index in [1.165, 1.54) is 12.8 Å². The molecule has 1 aromatic rings. The molecule has 114 valence electrons. The number of benzene rings is 1. The Labute approximate surface area is 126 Å². The SMILES string of the molecule is O=C(CCC1CCNCC1)N1CCCOc2ccccc21. The third-order valence-electron chi connectivity index (χ3n) is 4.47. The Bertz CT molecular complexity index is 483. The third kappa shape index (κ3) is 3.56. The summed E-state index contributed by atoms with van der Waals surface area (Å²) in [6, 6.07) is 7.87. The predicted octanol–water partition coefficient (Wildman–Crippen LogP) is 2.58. The monoisotopic (exact) mass is 288 g/mol. The van der Waals surface area contributed by atoms with Crippen LogP contribution in [0, 0.1) is 5.92 Å². The highest BCUT2D eigenvalue weighted by Gasteiger charge is 2.23. The molecule has 4 nitrogen and oxygen atoms in total. The quantitative estimate of drug-likeness (QED) is 0.929. The van der Waals surface area contributed by atoms with Crippen LogP contribution in [0.3, 0.4) is 0 Å². The Morgan fingerprint density at radius 1 is 1.29 bits per heavy atom. The van der Waals surface area contributed by atoms with Gasteiger partial charge in [-0.15, -0.1) is 0 Å². The van der Waals surface area contributed by atoms with E-state index in [1.54, 1.807) is 0 Å². The molecular formula is C17H24N2O2. The summed E-state index contributed by atoms with van der Waals surface area (Å²) in [5.74, 6) is 1.78. The van der Waals surface area contributed by atoms with Crippen molar-refractivity contribution >= 4 is 11.6 Å². The van der Waals surface area contributed by atoms with Crippen LogP contribution in [0.25, 0.3) is 0 Å². The van der Waals surface area contributed by atoms with Gasteiger partial charge in [-0.1, -0.05) is 12.1 Å². The fraction of sp³-hybridized carbons (Fsp3) is 0.588. The van der Waals surface area contributed by atoms with Crippen LogP contribution >= 0.6 is 0 Å². The molecule has 0 bridgehead atoms. The lowest BCUT2D eigenvalue weighted by Gasteiger charge is -2.25. The number of hydrogen-bond donors (Lipinski definition) is 1. The lowest BCUT2D eigenvalue weighted by atomic mass is 9.93. The van der Waals surface area contributed by atoms with E-state index in [0.29, 0.717) is 18.9 Å². The van der Waals surface area contributed by atoms with Crippen LogP contribution in [-0.2, 0) is 4.79 Å². The predicted molar refractivity (Wildman–Crippen MR) is 83.7 cm³/mol. The number of amides is 1. The third-order valence-corrected chi connectivity index (χ3v) is 4.47. The molecule has 0 unspecified atom stereocenters. The Morgan fingerprint density at radius 3 is 2.95 bits per heavy atom. The van der Waals surface area contributed by atoms with E-state index >= 15 is 0 Å². The average molecular weight is 288 g/mol. The molecule has 1 N–H and O–H groups in total. The van der Waals surface area contributed by atoms with Gasteiger partial charge in [-0.25, -0.2) is 0 Å². The lowest BCUT2D eigenvalue weighted by Crippen LogP contribution is -2.33. The summed E-state index contributed by atoms with van der Waals surface area (Å²) in [4.78, 5) is 14.5. The summed E-state index contributed by atoms with van der Waals surface area (Å²) in [6.45, 7) is 3.65. The van der Waals surface area contributed by atoms with Crippen molar-refractivity contribution in [2.45, 2.75) is 32.1 Å². The average Bonchev–Trinajstić information content (AvgIpc) is 2.76. The highest BCUT2D eigenvalue weighted by Crippen LogP contribution is 2.31. The molecule has 2 aliphatic heterocycles. The van der Waals surface area contributed by atoms with Gasteiger partial charge in [0, 0.05) is 13.0 Å². The number of ether oxygens (including phenoxy) is 1. The minimum atomic E-state index is 0.242. The molecule has 1 amide bonds. The zero-order valence-electron chi connectivity index (χ0n) is 12.5. The number of anilines is 1. The molecule has 1 aromatic carbocycles. The van der Waals surface area contributed by atoms with Gasteiger partial charge in [0.1, 0.15) is 5.75 Å². The second-order valence-electron chi connectivity index (χ2n) is 5.95. The highest BCUT2D eigenvalue weighted by molar-refractivity contribution is 5.94. The van der Waals surface area contributed by atoms with Gasteiger partial charge in [-0.05, 0) is 56.8 Å². The Balaban J connectivity index is 1.63. The second kappa shape index (κ2) is 6.94. The van der Waals surface area contributed by atoms with Crippen molar-refractivity contribution in [3.63, 3.8) is 0 Å². The number of carbonyl (C=O) groups is 1. The van der Waals surface area contributed by atoms with Crippen molar-refractivity contribution in [3.05, 3.63) is 24.3 Å². The molecule has 2 aliphatic rings. The van der Waals surface area contributed by atoms with E-state index in [2.05, 4.69) is 5.32 Å². The largest absolute Gasteiger partial charge is 0.491 e. The van der Waals surface area contributed by atoms with Gasteiger partial charge < -0.3 is 15.0 Å². The van der Waals surface area contributed by atoms with Gasteiger partial charge in [0.05, 0.1) is 12.3 Å². The maximum atomic E-state index is 12.6. The summed E-state index contributed by atoms with van der Waals surface area (Å²) in [6.07, 6.45) is 4.97. The Kier molecular flexibility index (Phi) is 4.76. The van der Waals surface area contributed by atoms with E-state index in [9.17, 15) is 4.79 Å². The Hall–Kier alpha value is -1.55. The molecule has 0 atom stereocenters. The highest BCUT2D eigenvalue weighted by atomic mass is 16.5. The van der Waals surface area contributed by atoms with E-state index in [0.717, 1.165) is 43.9 Å². The van der Waals surface area contributed by atoms with Crippen LogP contribution in [-0.4, -0.2) is 32.1 Å². The molecule has 3 rings (SSSR count). The van der Waals surface area contributed by atoms with E-state index in [1.807, 2.05) is 29.2 Å². The van der Waals surface area contributed by atoms with E-state index < -0.39 is 0 Å². The zero-order valence-corrected chi connectivity index (χ0v) is 12.5. The van der Waals surface area contributed by atoms with Crippen molar-refractivity contribution < 1.29 is 9.53 Å². The number of carbonyl (C=O) groups excluding carboxylic acids is 1. The molecule has 0 saturated carbocycles. The standard InChI is InChI=1S/C17H24N2O2/c20-17(7-6-14-8-10-18-11-9-14)19-12-3-13-21-16-5-2-1-4-15(16)19/h1-2,4-5,14,18H,3,6-13H2. The lowest BCUT2D eigenvalue weighted by molar-refractivity contribution is -0.118. The first-order valence-corrected chi connectivity index (χ1v) is 8.07. The van der Waals surface area contributed by atoms with Gasteiger partial charge in [-0.2, -0.15) is 0 Å². The summed E-state index contributed by atoms with van der Waals surface area (Å²) in [5.41, 5.74) is 0.935. The summed E-state index contributed by atoms with van der Waals surface area (Å²) < 4.78 is 5.72. The number of fused-ring (bicyclic) bond motifs is 1.